The minimum atomic E-state index is -0.392. The molecular weight excluding hydrogens is 269 g/mol. The topological polar surface area (TPSA) is 70.6 Å². The molecule has 0 aliphatic heterocycles. The maximum atomic E-state index is 13.2. The quantitative estimate of drug-likeness (QED) is 0.204. The van der Waals surface area contributed by atoms with E-state index in [1.807, 2.05) is 0 Å². The van der Waals surface area contributed by atoms with Crippen LogP contribution in [0.2, 0.25) is 0 Å². The van der Waals surface area contributed by atoms with Gasteiger partial charge < -0.3 is 16.3 Å². The second-order valence-electron chi connectivity index (χ2n) is 5.23. The van der Waals surface area contributed by atoms with E-state index in [9.17, 15) is 4.39 Å². The van der Waals surface area contributed by atoms with Crippen LogP contribution in [0.25, 0.3) is 0 Å². The molecular formula is C16H26FN3O. The lowest BCUT2D eigenvalue weighted by atomic mass is 10.1. The van der Waals surface area contributed by atoms with Crippen molar-refractivity contribution in [3.05, 3.63) is 35.1 Å². The molecule has 0 amide bonds. The number of hydrogen-bond donors (Lipinski definition) is 3. The lowest BCUT2D eigenvalue weighted by molar-refractivity contribution is 0.318. The van der Waals surface area contributed by atoms with Gasteiger partial charge in [-0.2, -0.15) is 0 Å². The Morgan fingerprint density at radius 3 is 2.67 bits per heavy atom. The average molecular weight is 295 g/mol. The summed E-state index contributed by atoms with van der Waals surface area (Å²) in [5.41, 5.74) is 6.84. The Kier molecular flexibility index (Phi) is 8.43. The van der Waals surface area contributed by atoms with Crippen molar-refractivity contribution < 1.29 is 9.60 Å². The zero-order valence-corrected chi connectivity index (χ0v) is 12.7. The summed E-state index contributed by atoms with van der Waals surface area (Å²) in [6, 6.07) is 4.34. The first kappa shape index (κ1) is 17.4. The number of rotatable bonds is 10. The molecule has 0 unspecified atom stereocenters. The molecule has 1 rings (SSSR count). The molecule has 0 saturated heterocycles. The van der Waals surface area contributed by atoms with Crippen LogP contribution in [-0.2, 0) is 6.54 Å². The standard InChI is InChI=1S/C16H26FN3O/c1-2-3-4-5-6-7-10-19-12-13-8-9-14(17)11-15(13)16(18)20-21/h8-9,11,19,21H,2-7,10,12H2,1H3,(H2,18,20). The fourth-order valence-corrected chi connectivity index (χ4v) is 2.25. The summed E-state index contributed by atoms with van der Waals surface area (Å²) in [5.74, 6) is -0.456. The molecule has 0 fully saturated rings. The van der Waals surface area contributed by atoms with Crippen molar-refractivity contribution in [2.45, 2.75) is 52.0 Å². The third kappa shape index (κ3) is 6.58. The minimum absolute atomic E-state index is 0.0640. The fourth-order valence-electron chi connectivity index (χ4n) is 2.25. The molecule has 1 aromatic rings. The molecule has 0 atom stereocenters. The van der Waals surface area contributed by atoms with Crippen LogP contribution in [0.4, 0.5) is 4.39 Å². The first-order valence-corrected chi connectivity index (χ1v) is 7.66. The van der Waals surface area contributed by atoms with E-state index in [0.717, 1.165) is 18.5 Å². The summed E-state index contributed by atoms with van der Waals surface area (Å²) in [5, 5.41) is 15.0. The van der Waals surface area contributed by atoms with E-state index in [-0.39, 0.29) is 5.84 Å². The Morgan fingerprint density at radius 1 is 1.24 bits per heavy atom. The van der Waals surface area contributed by atoms with Crippen molar-refractivity contribution in [2.75, 3.05) is 6.54 Å². The van der Waals surface area contributed by atoms with Gasteiger partial charge >= 0.3 is 0 Å². The Labute approximate surface area is 126 Å². The molecule has 0 bridgehead atoms. The summed E-state index contributed by atoms with van der Waals surface area (Å²) in [4.78, 5) is 0. The summed E-state index contributed by atoms with van der Waals surface area (Å²) < 4.78 is 13.2. The second-order valence-corrected chi connectivity index (χ2v) is 5.23. The number of hydrogen-bond acceptors (Lipinski definition) is 3. The van der Waals surface area contributed by atoms with E-state index in [4.69, 9.17) is 10.9 Å². The van der Waals surface area contributed by atoms with Crippen molar-refractivity contribution >= 4 is 5.84 Å². The van der Waals surface area contributed by atoms with Crippen molar-refractivity contribution in [3.8, 4) is 0 Å². The van der Waals surface area contributed by atoms with Gasteiger partial charge in [-0.1, -0.05) is 50.2 Å². The number of amidine groups is 1. The summed E-state index contributed by atoms with van der Waals surface area (Å²) in [7, 11) is 0. The molecule has 0 heterocycles. The van der Waals surface area contributed by atoms with Gasteiger partial charge in [-0.05, 0) is 30.7 Å². The normalized spacial score (nSPS) is 11.8. The highest BCUT2D eigenvalue weighted by molar-refractivity contribution is 5.98. The Hall–Kier alpha value is -1.62. The van der Waals surface area contributed by atoms with E-state index >= 15 is 0 Å². The van der Waals surface area contributed by atoms with Gasteiger partial charge in [0.15, 0.2) is 5.84 Å². The van der Waals surface area contributed by atoms with Crippen molar-refractivity contribution in [3.63, 3.8) is 0 Å². The third-order valence-electron chi connectivity index (χ3n) is 3.48. The van der Waals surface area contributed by atoms with E-state index in [2.05, 4.69) is 17.4 Å². The average Bonchev–Trinajstić information content (AvgIpc) is 2.50. The molecule has 0 aliphatic rings. The predicted molar refractivity (Wildman–Crippen MR) is 84.0 cm³/mol. The molecule has 4 nitrogen and oxygen atoms in total. The van der Waals surface area contributed by atoms with Gasteiger partial charge in [0.05, 0.1) is 0 Å². The minimum Gasteiger partial charge on any atom is -0.409 e. The van der Waals surface area contributed by atoms with Crippen LogP contribution >= 0.6 is 0 Å². The monoisotopic (exact) mass is 295 g/mol. The molecule has 0 spiro atoms. The lowest BCUT2D eigenvalue weighted by Gasteiger charge is -2.10. The van der Waals surface area contributed by atoms with E-state index in [1.165, 1.54) is 44.2 Å². The summed E-state index contributed by atoms with van der Waals surface area (Å²) in [6.45, 7) is 3.71. The Morgan fingerprint density at radius 2 is 1.95 bits per heavy atom. The van der Waals surface area contributed by atoms with Crippen LogP contribution in [-0.4, -0.2) is 17.6 Å². The number of nitrogens with zero attached hydrogens (tertiary/aromatic N) is 1. The third-order valence-corrected chi connectivity index (χ3v) is 3.48. The molecule has 0 saturated carbocycles. The number of unbranched alkanes of at least 4 members (excludes halogenated alkanes) is 5. The lowest BCUT2D eigenvalue weighted by Crippen LogP contribution is -2.21. The van der Waals surface area contributed by atoms with Gasteiger partial charge in [-0.15, -0.1) is 0 Å². The van der Waals surface area contributed by atoms with Gasteiger partial charge in [-0.3, -0.25) is 0 Å². The first-order chi connectivity index (χ1) is 10.2. The first-order valence-electron chi connectivity index (χ1n) is 7.66. The summed E-state index contributed by atoms with van der Waals surface area (Å²) >= 11 is 0. The molecule has 0 radical (unpaired) electrons. The van der Waals surface area contributed by atoms with Gasteiger partial charge in [0.1, 0.15) is 5.82 Å². The summed E-state index contributed by atoms with van der Waals surface area (Å²) in [6.07, 6.45) is 7.52. The zero-order chi connectivity index (χ0) is 15.5. The molecule has 5 heteroatoms. The van der Waals surface area contributed by atoms with Crippen LogP contribution in [0.15, 0.2) is 23.4 Å². The van der Waals surface area contributed by atoms with Gasteiger partial charge in [0.25, 0.3) is 0 Å². The van der Waals surface area contributed by atoms with Gasteiger partial charge in [0, 0.05) is 12.1 Å². The van der Waals surface area contributed by atoms with E-state index in [0.29, 0.717) is 12.1 Å². The van der Waals surface area contributed by atoms with E-state index < -0.39 is 5.82 Å². The van der Waals surface area contributed by atoms with Crippen LogP contribution in [0.3, 0.4) is 0 Å². The fraction of sp³-hybridized carbons (Fsp3) is 0.562. The number of halogens is 1. The van der Waals surface area contributed by atoms with Crippen molar-refractivity contribution in [1.29, 1.82) is 0 Å². The highest BCUT2D eigenvalue weighted by Crippen LogP contribution is 2.11. The highest BCUT2D eigenvalue weighted by atomic mass is 19.1. The molecule has 118 valence electrons. The van der Waals surface area contributed by atoms with E-state index in [1.54, 1.807) is 6.07 Å². The molecule has 1 aromatic carbocycles. The van der Waals surface area contributed by atoms with Crippen LogP contribution < -0.4 is 11.1 Å². The van der Waals surface area contributed by atoms with Crippen LogP contribution in [0.5, 0.6) is 0 Å². The maximum absolute atomic E-state index is 13.2. The van der Waals surface area contributed by atoms with Crippen LogP contribution in [0.1, 0.15) is 56.6 Å². The largest absolute Gasteiger partial charge is 0.409 e. The Bertz CT molecular complexity index is 449. The van der Waals surface area contributed by atoms with Gasteiger partial charge in [0.2, 0.25) is 0 Å². The van der Waals surface area contributed by atoms with Crippen molar-refractivity contribution in [1.82, 2.24) is 5.32 Å². The predicted octanol–water partition coefficient (Wildman–Crippen LogP) is 3.37. The van der Waals surface area contributed by atoms with Crippen LogP contribution in [0, 0.1) is 5.82 Å². The molecule has 21 heavy (non-hydrogen) atoms. The van der Waals surface area contributed by atoms with Gasteiger partial charge in [-0.25, -0.2) is 4.39 Å². The maximum Gasteiger partial charge on any atom is 0.170 e. The Balaban J connectivity index is 2.35. The number of nitrogens with one attached hydrogen (secondary N) is 1. The second kappa shape index (κ2) is 10.2. The number of benzene rings is 1. The smallest absolute Gasteiger partial charge is 0.170 e. The number of nitrogens with two attached hydrogens (primary N) is 1. The SMILES string of the molecule is CCCCCCCCNCc1ccc(F)cc1/C(N)=N/O. The molecule has 0 aromatic heterocycles. The zero-order valence-electron chi connectivity index (χ0n) is 12.7. The highest BCUT2D eigenvalue weighted by Gasteiger charge is 2.08. The van der Waals surface area contributed by atoms with Crippen molar-refractivity contribution in [2.24, 2.45) is 10.9 Å². The molecule has 4 N–H and O–H groups in total. The number of oxime groups is 1. The molecule has 0 aliphatic carbocycles.